The Hall–Kier alpha value is -2.02. The van der Waals surface area contributed by atoms with Crippen LogP contribution in [0.2, 0.25) is 0 Å². The van der Waals surface area contributed by atoms with Crippen molar-refractivity contribution in [2.45, 2.75) is 0 Å². The minimum absolute atomic E-state index is 0.0537. The first kappa shape index (κ1) is 13.0. The standard InChI is InChI=1S/C10H13N3O3S/c1-15-7-4-3-6(5-12-13-10(11)17)9(16-2)8(7)14/h3-5,14H,1-2H3,(H3,11,13,17)/b12-5+. The zero-order valence-corrected chi connectivity index (χ0v) is 10.2. The van der Waals surface area contributed by atoms with Gasteiger partial charge in [-0.1, -0.05) is 0 Å². The Balaban J connectivity index is 3.04. The van der Waals surface area contributed by atoms with E-state index in [9.17, 15) is 5.11 Å². The number of methoxy groups -OCH3 is 2. The second-order valence-electron chi connectivity index (χ2n) is 2.97. The van der Waals surface area contributed by atoms with Gasteiger partial charge in [0.15, 0.2) is 16.6 Å². The molecule has 0 fully saturated rings. The molecule has 0 saturated carbocycles. The molecular weight excluding hydrogens is 242 g/mol. The van der Waals surface area contributed by atoms with Crippen molar-refractivity contribution >= 4 is 23.5 Å². The van der Waals surface area contributed by atoms with Crippen LogP contribution in [0.4, 0.5) is 0 Å². The lowest BCUT2D eigenvalue weighted by Crippen LogP contribution is -2.24. The molecule has 17 heavy (non-hydrogen) atoms. The van der Waals surface area contributed by atoms with Gasteiger partial charge in [-0.25, -0.2) is 0 Å². The van der Waals surface area contributed by atoms with Gasteiger partial charge >= 0.3 is 0 Å². The fourth-order valence-corrected chi connectivity index (χ4v) is 1.27. The molecule has 0 aliphatic heterocycles. The van der Waals surface area contributed by atoms with Crippen LogP contribution in [0.15, 0.2) is 17.2 Å². The van der Waals surface area contributed by atoms with E-state index in [1.54, 1.807) is 12.1 Å². The topological polar surface area (TPSA) is 89.1 Å². The van der Waals surface area contributed by atoms with E-state index in [-0.39, 0.29) is 16.6 Å². The average Bonchev–Trinajstić information content (AvgIpc) is 2.29. The Kier molecular flexibility index (Phi) is 4.53. The molecule has 92 valence electrons. The van der Waals surface area contributed by atoms with Crippen molar-refractivity contribution in [2.24, 2.45) is 10.8 Å². The van der Waals surface area contributed by atoms with Crippen molar-refractivity contribution in [1.29, 1.82) is 0 Å². The lowest BCUT2D eigenvalue weighted by Gasteiger charge is -2.10. The van der Waals surface area contributed by atoms with Crippen molar-refractivity contribution in [1.82, 2.24) is 5.43 Å². The van der Waals surface area contributed by atoms with Crippen molar-refractivity contribution < 1.29 is 14.6 Å². The number of ether oxygens (including phenoxy) is 2. The van der Waals surface area contributed by atoms with Crippen LogP contribution in [0.25, 0.3) is 0 Å². The van der Waals surface area contributed by atoms with Crippen molar-refractivity contribution in [3.05, 3.63) is 17.7 Å². The van der Waals surface area contributed by atoms with E-state index in [1.165, 1.54) is 20.4 Å². The van der Waals surface area contributed by atoms with Gasteiger partial charge < -0.3 is 20.3 Å². The molecule has 4 N–H and O–H groups in total. The summed E-state index contributed by atoms with van der Waals surface area (Å²) in [5, 5.41) is 13.6. The third-order valence-electron chi connectivity index (χ3n) is 1.93. The SMILES string of the molecule is COc1ccc(/C=N/NC(N)=S)c(OC)c1O. The molecule has 1 aromatic carbocycles. The van der Waals surface area contributed by atoms with Crippen LogP contribution >= 0.6 is 12.2 Å². The first-order valence-corrected chi connectivity index (χ1v) is 5.03. The summed E-state index contributed by atoms with van der Waals surface area (Å²) >= 11 is 4.59. The zero-order valence-electron chi connectivity index (χ0n) is 9.43. The molecule has 0 unspecified atom stereocenters. The van der Waals surface area contributed by atoms with Crippen LogP contribution in [0.1, 0.15) is 5.56 Å². The van der Waals surface area contributed by atoms with Gasteiger partial charge in [0.25, 0.3) is 0 Å². The number of phenols is 1. The minimum atomic E-state index is -0.0886. The fourth-order valence-electron chi connectivity index (χ4n) is 1.22. The van der Waals surface area contributed by atoms with Gasteiger partial charge in [0.05, 0.1) is 20.4 Å². The minimum Gasteiger partial charge on any atom is -0.502 e. The molecule has 0 spiro atoms. The normalized spacial score (nSPS) is 10.2. The van der Waals surface area contributed by atoms with E-state index >= 15 is 0 Å². The largest absolute Gasteiger partial charge is 0.502 e. The second-order valence-corrected chi connectivity index (χ2v) is 3.41. The zero-order chi connectivity index (χ0) is 12.8. The fraction of sp³-hybridized carbons (Fsp3) is 0.200. The van der Waals surface area contributed by atoms with Gasteiger partial charge in [-0.15, -0.1) is 0 Å². The summed E-state index contributed by atoms with van der Waals surface area (Å²) in [6, 6.07) is 3.28. The Bertz CT molecular complexity index is 449. The van der Waals surface area contributed by atoms with Gasteiger partial charge in [0.1, 0.15) is 0 Å². The number of thiocarbonyl (C=S) groups is 1. The van der Waals surface area contributed by atoms with Crippen LogP contribution in [-0.2, 0) is 0 Å². The molecule has 0 aromatic heterocycles. The second kappa shape index (κ2) is 5.90. The summed E-state index contributed by atoms with van der Waals surface area (Å²) in [4.78, 5) is 0. The number of benzene rings is 1. The van der Waals surface area contributed by atoms with Gasteiger partial charge in [-0.2, -0.15) is 5.10 Å². The molecule has 0 amide bonds. The highest BCUT2D eigenvalue weighted by Gasteiger charge is 2.12. The van der Waals surface area contributed by atoms with Crippen molar-refractivity contribution in [3.8, 4) is 17.2 Å². The molecule has 6 nitrogen and oxygen atoms in total. The van der Waals surface area contributed by atoms with Gasteiger partial charge in [-0.05, 0) is 24.4 Å². The monoisotopic (exact) mass is 255 g/mol. The predicted molar refractivity (Wildman–Crippen MR) is 68.7 cm³/mol. The maximum atomic E-state index is 9.80. The Labute approximate surface area is 104 Å². The van der Waals surface area contributed by atoms with E-state index in [1.807, 2.05) is 0 Å². The Morgan fingerprint density at radius 3 is 2.71 bits per heavy atom. The average molecular weight is 255 g/mol. The number of nitrogens with one attached hydrogen (secondary N) is 1. The smallest absolute Gasteiger partial charge is 0.201 e. The highest BCUT2D eigenvalue weighted by Crippen LogP contribution is 2.37. The molecule has 0 aliphatic carbocycles. The molecular formula is C10H13N3O3S. The van der Waals surface area contributed by atoms with Crippen LogP contribution in [-0.4, -0.2) is 30.7 Å². The van der Waals surface area contributed by atoms with Crippen LogP contribution in [0.3, 0.4) is 0 Å². The number of hydrogen-bond acceptors (Lipinski definition) is 5. The number of hydrogen-bond donors (Lipinski definition) is 3. The van der Waals surface area contributed by atoms with E-state index in [0.29, 0.717) is 11.3 Å². The van der Waals surface area contributed by atoms with Gasteiger partial charge in [0.2, 0.25) is 5.75 Å². The molecule has 1 aromatic rings. The summed E-state index contributed by atoms with van der Waals surface area (Å²) in [5.41, 5.74) is 8.18. The lowest BCUT2D eigenvalue weighted by molar-refractivity contribution is 0.339. The van der Waals surface area contributed by atoms with Crippen molar-refractivity contribution in [2.75, 3.05) is 14.2 Å². The van der Waals surface area contributed by atoms with E-state index in [0.717, 1.165) is 0 Å². The quantitative estimate of drug-likeness (QED) is 0.414. The summed E-state index contributed by atoms with van der Waals surface area (Å²) in [6.45, 7) is 0. The molecule has 1 rings (SSSR count). The summed E-state index contributed by atoms with van der Waals surface area (Å²) in [6.07, 6.45) is 1.43. The highest BCUT2D eigenvalue weighted by molar-refractivity contribution is 7.80. The van der Waals surface area contributed by atoms with Gasteiger partial charge in [0, 0.05) is 5.56 Å². The summed E-state index contributed by atoms with van der Waals surface area (Å²) in [5.74, 6) is 0.494. The molecule has 0 aliphatic rings. The molecule has 0 radical (unpaired) electrons. The molecule has 0 heterocycles. The molecule has 0 saturated heterocycles. The van der Waals surface area contributed by atoms with Crippen LogP contribution in [0.5, 0.6) is 17.2 Å². The number of hydrazone groups is 1. The van der Waals surface area contributed by atoms with Crippen LogP contribution in [0, 0.1) is 0 Å². The Morgan fingerprint density at radius 1 is 1.47 bits per heavy atom. The molecule has 7 heteroatoms. The van der Waals surface area contributed by atoms with Crippen LogP contribution < -0.4 is 20.6 Å². The highest BCUT2D eigenvalue weighted by atomic mass is 32.1. The third-order valence-corrected chi connectivity index (χ3v) is 2.02. The number of nitrogens with zero attached hydrogens (tertiary/aromatic N) is 1. The summed E-state index contributed by atoms with van der Waals surface area (Å²) < 4.78 is 10.0. The molecule has 0 atom stereocenters. The first-order chi connectivity index (χ1) is 8.10. The summed E-state index contributed by atoms with van der Waals surface area (Å²) in [7, 11) is 2.89. The molecule has 0 bridgehead atoms. The van der Waals surface area contributed by atoms with E-state index < -0.39 is 0 Å². The van der Waals surface area contributed by atoms with E-state index in [2.05, 4.69) is 22.7 Å². The maximum Gasteiger partial charge on any atom is 0.201 e. The third kappa shape index (κ3) is 3.22. The number of phenolic OH excluding ortho intramolecular Hbond substituents is 1. The predicted octanol–water partition coefficient (Wildman–Crippen LogP) is 0.577. The van der Waals surface area contributed by atoms with Crippen molar-refractivity contribution in [3.63, 3.8) is 0 Å². The Morgan fingerprint density at radius 2 is 2.18 bits per heavy atom. The number of nitrogens with two attached hydrogens (primary N) is 1. The van der Waals surface area contributed by atoms with Gasteiger partial charge in [-0.3, -0.25) is 5.43 Å². The maximum absolute atomic E-state index is 9.80. The number of rotatable bonds is 4. The lowest BCUT2D eigenvalue weighted by atomic mass is 10.2. The first-order valence-electron chi connectivity index (χ1n) is 4.62. The van der Waals surface area contributed by atoms with E-state index in [4.69, 9.17) is 15.2 Å². The number of aromatic hydroxyl groups is 1.